The molecule has 0 aromatic carbocycles. The van der Waals surface area contributed by atoms with Crippen LogP contribution in [0.25, 0.3) is 5.78 Å². The molecule has 82 valence electrons. The summed E-state index contributed by atoms with van der Waals surface area (Å²) >= 11 is 0. The highest BCUT2D eigenvalue weighted by molar-refractivity contribution is 5.85. The van der Waals surface area contributed by atoms with Crippen LogP contribution >= 0.6 is 0 Å². The van der Waals surface area contributed by atoms with Crippen molar-refractivity contribution in [3.63, 3.8) is 0 Å². The van der Waals surface area contributed by atoms with Gasteiger partial charge in [-0.1, -0.05) is 0 Å². The first-order chi connectivity index (χ1) is 7.75. The highest BCUT2D eigenvalue weighted by Crippen LogP contribution is 2.21. The number of carbonyl (C=O) groups is 1. The van der Waals surface area contributed by atoms with E-state index < -0.39 is 5.97 Å². The van der Waals surface area contributed by atoms with Gasteiger partial charge in [-0.25, -0.2) is 14.8 Å². The van der Waals surface area contributed by atoms with Crippen molar-refractivity contribution in [1.82, 2.24) is 14.4 Å². The van der Waals surface area contributed by atoms with E-state index in [1.165, 1.54) is 12.0 Å². The van der Waals surface area contributed by atoms with Crippen molar-refractivity contribution in [2.75, 3.05) is 0 Å². The van der Waals surface area contributed by atoms with E-state index in [2.05, 4.69) is 9.97 Å². The SMILES string of the molecule is O=C(O)c1cn2c3c(cnc2n1)CCCC3. The minimum absolute atomic E-state index is 0.0615. The van der Waals surface area contributed by atoms with Gasteiger partial charge in [-0.05, 0) is 31.2 Å². The van der Waals surface area contributed by atoms with Gasteiger partial charge in [0.15, 0.2) is 5.69 Å². The average Bonchev–Trinajstić information content (AvgIpc) is 2.73. The highest BCUT2D eigenvalue weighted by Gasteiger charge is 2.16. The molecule has 5 nitrogen and oxygen atoms in total. The molecule has 0 amide bonds. The van der Waals surface area contributed by atoms with Gasteiger partial charge in [0.05, 0.1) is 0 Å². The predicted octanol–water partition coefficient (Wildman–Crippen LogP) is 1.31. The van der Waals surface area contributed by atoms with Crippen LogP contribution in [0, 0.1) is 0 Å². The van der Waals surface area contributed by atoms with Crippen LogP contribution < -0.4 is 0 Å². The molecule has 0 aliphatic heterocycles. The second kappa shape index (κ2) is 3.30. The maximum absolute atomic E-state index is 10.8. The summed E-state index contributed by atoms with van der Waals surface area (Å²) in [5, 5.41) is 8.89. The molecule has 0 unspecified atom stereocenters. The van der Waals surface area contributed by atoms with Crippen molar-refractivity contribution < 1.29 is 9.90 Å². The number of nitrogens with zero attached hydrogens (tertiary/aromatic N) is 3. The average molecular weight is 217 g/mol. The van der Waals surface area contributed by atoms with Crippen molar-refractivity contribution >= 4 is 11.7 Å². The van der Waals surface area contributed by atoms with Crippen molar-refractivity contribution in [3.8, 4) is 0 Å². The van der Waals surface area contributed by atoms with Crippen LogP contribution in [0.2, 0.25) is 0 Å². The van der Waals surface area contributed by atoms with Crippen LogP contribution in [-0.4, -0.2) is 25.4 Å². The molecule has 2 aromatic rings. The van der Waals surface area contributed by atoms with E-state index in [-0.39, 0.29) is 5.69 Å². The summed E-state index contributed by atoms with van der Waals surface area (Å²) in [7, 11) is 0. The summed E-state index contributed by atoms with van der Waals surface area (Å²) in [6.07, 6.45) is 7.72. The maximum atomic E-state index is 10.8. The zero-order chi connectivity index (χ0) is 11.1. The lowest BCUT2D eigenvalue weighted by Crippen LogP contribution is -2.09. The number of aromatic nitrogens is 3. The molecule has 0 bridgehead atoms. The van der Waals surface area contributed by atoms with Crippen LogP contribution in [0.15, 0.2) is 12.4 Å². The third-order valence-electron chi connectivity index (χ3n) is 3.01. The summed E-state index contributed by atoms with van der Waals surface area (Å²) in [5.74, 6) is -0.520. The third-order valence-corrected chi connectivity index (χ3v) is 3.01. The fourth-order valence-electron chi connectivity index (χ4n) is 2.23. The minimum Gasteiger partial charge on any atom is -0.476 e. The van der Waals surface area contributed by atoms with Gasteiger partial charge in [-0.3, -0.25) is 4.40 Å². The molecule has 5 heteroatoms. The molecule has 0 atom stereocenters. The Bertz CT molecular complexity index is 574. The van der Waals surface area contributed by atoms with Crippen LogP contribution in [0.1, 0.15) is 34.6 Å². The monoisotopic (exact) mass is 217 g/mol. The topological polar surface area (TPSA) is 67.5 Å². The van der Waals surface area contributed by atoms with Crippen molar-refractivity contribution in [2.24, 2.45) is 0 Å². The molecule has 16 heavy (non-hydrogen) atoms. The van der Waals surface area contributed by atoms with Gasteiger partial charge in [-0.2, -0.15) is 0 Å². The smallest absolute Gasteiger partial charge is 0.356 e. The van der Waals surface area contributed by atoms with E-state index in [9.17, 15) is 4.79 Å². The molecule has 1 aliphatic rings. The molecule has 0 saturated carbocycles. The number of carboxylic acid groups (broad SMARTS) is 1. The Morgan fingerprint density at radius 1 is 1.38 bits per heavy atom. The summed E-state index contributed by atoms with van der Waals surface area (Å²) < 4.78 is 1.82. The Kier molecular flexibility index (Phi) is 1.92. The number of hydrogen-bond donors (Lipinski definition) is 1. The minimum atomic E-state index is -1.00. The first kappa shape index (κ1) is 9.33. The van der Waals surface area contributed by atoms with Gasteiger partial charge in [0.1, 0.15) is 0 Å². The number of aromatic carboxylic acids is 1. The Hall–Kier alpha value is -1.91. The lowest BCUT2D eigenvalue weighted by molar-refractivity contribution is 0.0691. The molecular weight excluding hydrogens is 206 g/mol. The first-order valence-electron chi connectivity index (χ1n) is 5.35. The van der Waals surface area contributed by atoms with Crippen LogP contribution in [-0.2, 0) is 12.8 Å². The zero-order valence-corrected chi connectivity index (χ0v) is 8.68. The number of fused-ring (bicyclic) bond motifs is 3. The van der Waals surface area contributed by atoms with Crippen molar-refractivity contribution in [2.45, 2.75) is 25.7 Å². The van der Waals surface area contributed by atoms with E-state index in [1.54, 1.807) is 6.20 Å². The Labute approximate surface area is 91.8 Å². The molecule has 2 aromatic heterocycles. The molecule has 0 saturated heterocycles. The normalized spacial score (nSPS) is 15.0. The quantitative estimate of drug-likeness (QED) is 0.781. The second-order valence-electron chi connectivity index (χ2n) is 4.04. The Balaban J connectivity index is 2.26. The van der Waals surface area contributed by atoms with Gasteiger partial charge >= 0.3 is 5.97 Å². The van der Waals surface area contributed by atoms with Crippen LogP contribution in [0.4, 0.5) is 0 Å². The number of imidazole rings is 1. The lowest BCUT2D eigenvalue weighted by Gasteiger charge is -2.15. The first-order valence-corrected chi connectivity index (χ1v) is 5.35. The number of aryl methyl sites for hydroxylation is 2. The molecule has 1 aliphatic carbocycles. The predicted molar refractivity (Wildman–Crippen MR) is 56.6 cm³/mol. The highest BCUT2D eigenvalue weighted by atomic mass is 16.4. The molecule has 1 N–H and O–H groups in total. The van der Waals surface area contributed by atoms with E-state index >= 15 is 0 Å². The summed E-state index contributed by atoms with van der Waals surface area (Å²) in [5.41, 5.74) is 2.44. The summed E-state index contributed by atoms with van der Waals surface area (Å²) in [6.45, 7) is 0. The Morgan fingerprint density at radius 2 is 2.19 bits per heavy atom. The van der Waals surface area contributed by atoms with E-state index in [0.717, 1.165) is 25.0 Å². The molecule has 0 radical (unpaired) electrons. The molecule has 0 fully saturated rings. The van der Waals surface area contributed by atoms with E-state index in [4.69, 9.17) is 5.11 Å². The van der Waals surface area contributed by atoms with Crippen LogP contribution in [0.5, 0.6) is 0 Å². The second-order valence-corrected chi connectivity index (χ2v) is 4.04. The molecule has 2 heterocycles. The third kappa shape index (κ3) is 1.28. The van der Waals surface area contributed by atoms with E-state index in [1.807, 2.05) is 10.6 Å². The fraction of sp³-hybridized carbons (Fsp3) is 0.364. The number of hydrogen-bond acceptors (Lipinski definition) is 3. The van der Waals surface area contributed by atoms with E-state index in [0.29, 0.717) is 5.78 Å². The molecular formula is C11H11N3O2. The maximum Gasteiger partial charge on any atom is 0.356 e. The number of carboxylic acids is 1. The summed E-state index contributed by atoms with van der Waals surface area (Å²) in [6, 6.07) is 0. The van der Waals surface area contributed by atoms with Gasteiger partial charge in [-0.15, -0.1) is 0 Å². The number of rotatable bonds is 1. The largest absolute Gasteiger partial charge is 0.476 e. The van der Waals surface area contributed by atoms with Crippen LogP contribution in [0.3, 0.4) is 0 Å². The fourth-order valence-corrected chi connectivity index (χ4v) is 2.23. The standard InChI is InChI=1S/C11H11N3O2/c15-10(16)8-6-14-9-4-2-1-3-7(9)5-12-11(14)13-8/h5-6H,1-4H2,(H,15,16). The Morgan fingerprint density at radius 3 is 3.00 bits per heavy atom. The van der Waals surface area contributed by atoms with Crippen molar-refractivity contribution in [1.29, 1.82) is 0 Å². The zero-order valence-electron chi connectivity index (χ0n) is 8.68. The van der Waals surface area contributed by atoms with Gasteiger partial charge in [0, 0.05) is 18.1 Å². The summed E-state index contributed by atoms with van der Waals surface area (Å²) in [4.78, 5) is 19.0. The van der Waals surface area contributed by atoms with Gasteiger partial charge in [0.25, 0.3) is 0 Å². The van der Waals surface area contributed by atoms with Crippen molar-refractivity contribution in [3.05, 3.63) is 29.3 Å². The van der Waals surface area contributed by atoms with Gasteiger partial charge in [0.2, 0.25) is 5.78 Å². The van der Waals surface area contributed by atoms with Gasteiger partial charge < -0.3 is 5.11 Å². The molecule has 0 spiro atoms. The molecule has 3 rings (SSSR count). The lowest BCUT2D eigenvalue weighted by atomic mass is 9.97.